The SMILES string of the molecule is Brc1c(OCc2ccccc2)cc(CCC2CC2)cc1OCc1ccccc1. The Hall–Kier alpha value is -2.26. The summed E-state index contributed by atoms with van der Waals surface area (Å²) in [6.07, 6.45) is 5.08. The molecule has 144 valence electrons. The van der Waals surface area contributed by atoms with Gasteiger partial charge < -0.3 is 9.47 Å². The van der Waals surface area contributed by atoms with Crippen molar-refractivity contribution in [1.82, 2.24) is 0 Å². The number of halogens is 1. The molecule has 1 aliphatic carbocycles. The van der Waals surface area contributed by atoms with E-state index in [4.69, 9.17) is 9.47 Å². The fourth-order valence-electron chi connectivity index (χ4n) is 3.23. The second kappa shape index (κ2) is 9.29. The fraction of sp³-hybridized carbons (Fsp3) is 0.280. The Morgan fingerprint density at radius 3 is 1.68 bits per heavy atom. The van der Waals surface area contributed by atoms with Gasteiger partial charge in [0.2, 0.25) is 0 Å². The standard InChI is InChI=1S/C25H25BrO2/c26-25-23(27-17-20-7-3-1-4-8-20)15-22(14-13-19-11-12-19)16-24(25)28-18-21-9-5-2-6-10-21/h1-10,15-16,19H,11-14,17-18H2. The van der Waals surface area contributed by atoms with Gasteiger partial charge in [0, 0.05) is 0 Å². The van der Waals surface area contributed by atoms with Gasteiger partial charge in [-0.3, -0.25) is 0 Å². The second-order valence-electron chi connectivity index (χ2n) is 7.44. The molecule has 28 heavy (non-hydrogen) atoms. The third kappa shape index (κ3) is 5.39. The van der Waals surface area contributed by atoms with Crippen LogP contribution in [0.15, 0.2) is 77.3 Å². The molecule has 0 atom stereocenters. The minimum atomic E-state index is 0.545. The van der Waals surface area contributed by atoms with E-state index < -0.39 is 0 Å². The van der Waals surface area contributed by atoms with Crippen molar-refractivity contribution in [2.75, 3.05) is 0 Å². The van der Waals surface area contributed by atoms with Crippen molar-refractivity contribution in [3.8, 4) is 11.5 Å². The van der Waals surface area contributed by atoms with Gasteiger partial charge in [0.1, 0.15) is 29.2 Å². The summed E-state index contributed by atoms with van der Waals surface area (Å²) >= 11 is 3.70. The third-order valence-corrected chi connectivity index (χ3v) is 5.86. The normalized spacial score (nSPS) is 13.3. The van der Waals surface area contributed by atoms with Crippen LogP contribution >= 0.6 is 15.9 Å². The van der Waals surface area contributed by atoms with E-state index in [9.17, 15) is 0 Å². The van der Waals surface area contributed by atoms with E-state index in [1.807, 2.05) is 36.4 Å². The summed E-state index contributed by atoms with van der Waals surface area (Å²) in [4.78, 5) is 0. The van der Waals surface area contributed by atoms with Crippen LogP contribution in [-0.2, 0) is 19.6 Å². The maximum absolute atomic E-state index is 6.15. The third-order valence-electron chi connectivity index (χ3n) is 5.08. The molecular formula is C25H25BrO2. The lowest BCUT2D eigenvalue weighted by Crippen LogP contribution is -2.01. The molecule has 0 aromatic heterocycles. The average Bonchev–Trinajstić information content (AvgIpc) is 3.57. The topological polar surface area (TPSA) is 18.5 Å². The van der Waals surface area contributed by atoms with Gasteiger partial charge in [-0.05, 0) is 63.5 Å². The Balaban J connectivity index is 1.51. The Kier molecular flexibility index (Phi) is 6.33. The number of benzene rings is 3. The minimum Gasteiger partial charge on any atom is -0.488 e. The van der Waals surface area contributed by atoms with E-state index in [0.717, 1.165) is 39.4 Å². The van der Waals surface area contributed by atoms with Crippen molar-refractivity contribution in [2.45, 2.75) is 38.9 Å². The molecule has 3 aromatic rings. The highest BCUT2D eigenvalue weighted by Gasteiger charge is 2.21. The maximum atomic E-state index is 6.15. The number of hydrogen-bond donors (Lipinski definition) is 0. The number of rotatable bonds is 9. The molecule has 0 saturated heterocycles. The lowest BCUT2D eigenvalue weighted by molar-refractivity contribution is 0.285. The van der Waals surface area contributed by atoms with Crippen molar-refractivity contribution < 1.29 is 9.47 Å². The van der Waals surface area contributed by atoms with Crippen LogP contribution in [0.25, 0.3) is 0 Å². The van der Waals surface area contributed by atoms with E-state index >= 15 is 0 Å². The van der Waals surface area contributed by atoms with Crippen LogP contribution in [0.5, 0.6) is 11.5 Å². The van der Waals surface area contributed by atoms with E-state index in [-0.39, 0.29) is 0 Å². The summed E-state index contributed by atoms with van der Waals surface area (Å²) < 4.78 is 13.2. The molecule has 4 rings (SSSR count). The van der Waals surface area contributed by atoms with Gasteiger partial charge in [-0.25, -0.2) is 0 Å². The fourth-order valence-corrected chi connectivity index (χ4v) is 3.69. The Morgan fingerprint density at radius 2 is 1.21 bits per heavy atom. The predicted octanol–water partition coefficient (Wildman–Crippen LogP) is 6.95. The van der Waals surface area contributed by atoms with Gasteiger partial charge >= 0.3 is 0 Å². The molecule has 0 heterocycles. The van der Waals surface area contributed by atoms with Crippen LogP contribution in [0.1, 0.15) is 36.0 Å². The Morgan fingerprint density at radius 1 is 0.714 bits per heavy atom. The summed E-state index contributed by atoms with van der Waals surface area (Å²) in [5, 5.41) is 0. The molecule has 2 nitrogen and oxygen atoms in total. The number of aryl methyl sites for hydroxylation is 1. The van der Waals surface area contributed by atoms with Crippen LogP contribution in [0.3, 0.4) is 0 Å². The van der Waals surface area contributed by atoms with E-state index in [2.05, 4.69) is 52.3 Å². The zero-order valence-corrected chi connectivity index (χ0v) is 17.5. The van der Waals surface area contributed by atoms with Crippen molar-refractivity contribution in [1.29, 1.82) is 0 Å². The van der Waals surface area contributed by atoms with Gasteiger partial charge in [0.05, 0.1) is 0 Å². The van der Waals surface area contributed by atoms with Crippen molar-refractivity contribution in [2.24, 2.45) is 5.92 Å². The van der Waals surface area contributed by atoms with Gasteiger partial charge in [0.25, 0.3) is 0 Å². The first kappa shape index (κ1) is 19.1. The summed E-state index contributed by atoms with van der Waals surface area (Å²) in [6.45, 7) is 1.09. The van der Waals surface area contributed by atoms with Gasteiger partial charge in [0.15, 0.2) is 0 Å². The average molecular weight is 437 g/mol. The van der Waals surface area contributed by atoms with Crippen molar-refractivity contribution in [3.05, 3.63) is 94.0 Å². The maximum Gasteiger partial charge on any atom is 0.138 e. The molecule has 3 heteroatoms. The molecule has 0 N–H and O–H groups in total. The molecule has 0 radical (unpaired) electrons. The molecule has 0 aliphatic heterocycles. The zero-order chi connectivity index (χ0) is 19.2. The number of hydrogen-bond acceptors (Lipinski definition) is 2. The summed E-state index contributed by atoms with van der Waals surface area (Å²) in [6, 6.07) is 24.8. The van der Waals surface area contributed by atoms with Crippen molar-refractivity contribution in [3.63, 3.8) is 0 Å². The molecular weight excluding hydrogens is 412 g/mol. The summed E-state index contributed by atoms with van der Waals surface area (Å²) in [7, 11) is 0. The highest BCUT2D eigenvalue weighted by molar-refractivity contribution is 9.10. The largest absolute Gasteiger partial charge is 0.488 e. The van der Waals surface area contributed by atoms with Gasteiger partial charge in [-0.1, -0.05) is 73.5 Å². The molecule has 1 fully saturated rings. The zero-order valence-electron chi connectivity index (χ0n) is 15.9. The first-order chi connectivity index (χ1) is 13.8. The lowest BCUT2D eigenvalue weighted by Gasteiger charge is -2.15. The first-order valence-corrected chi connectivity index (χ1v) is 10.7. The van der Waals surface area contributed by atoms with Crippen LogP contribution in [0.4, 0.5) is 0 Å². The molecule has 3 aromatic carbocycles. The predicted molar refractivity (Wildman–Crippen MR) is 117 cm³/mol. The molecule has 1 aliphatic rings. The van der Waals surface area contributed by atoms with E-state index in [0.29, 0.717) is 13.2 Å². The molecule has 0 amide bonds. The van der Waals surface area contributed by atoms with Crippen LogP contribution in [0.2, 0.25) is 0 Å². The summed E-state index contributed by atoms with van der Waals surface area (Å²) in [5.74, 6) is 2.60. The second-order valence-corrected chi connectivity index (χ2v) is 8.23. The number of ether oxygens (including phenoxy) is 2. The lowest BCUT2D eigenvalue weighted by atomic mass is 10.1. The molecule has 1 saturated carbocycles. The molecule has 0 bridgehead atoms. The van der Waals surface area contributed by atoms with Gasteiger partial charge in [-0.2, -0.15) is 0 Å². The van der Waals surface area contributed by atoms with Crippen LogP contribution < -0.4 is 9.47 Å². The quantitative estimate of drug-likeness (QED) is 0.361. The highest BCUT2D eigenvalue weighted by atomic mass is 79.9. The Bertz CT molecular complexity index is 824. The van der Waals surface area contributed by atoms with Crippen LogP contribution in [-0.4, -0.2) is 0 Å². The minimum absolute atomic E-state index is 0.545. The monoisotopic (exact) mass is 436 g/mol. The van der Waals surface area contributed by atoms with E-state index in [1.54, 1.807) is 0 Å². The molecule has 0 spiro atoms. The first-order valence-electron chi connectivity index (χ1n) is 9.94. The van der Waals surface area contributed by atoms with Crippen LogP contribution in [0, 0.1) is 5.92 Å². The van der Waals surface area contributed by atoms with Crippen molar-refractivity contribution >= 4 is 15.9 Å². The smallest absolute Gasteiger partial charge is 0.138 e. The Labute approximate surface area is 175 Å². The van der Waals surface area contributed by atoms with E-state index in [1.165, 1.54) is 24.8 Å². The molecule has 0 unspecified atom stereocenters. The summed E-state index contributed by atoms with van der Waals surface area (Å²) in [5.41, 5.74) is 3.59. The van der Waals surface area contributed by atoms with Gasteiger partial charge in [-0.15, -0.1) is 0 Å². The highest BCUT2D eigenvalue weighted by Crippen LogP contribution is 2.39.